The quantitative estimate of drug-likeness (QED) is 0.271. The number of ether oxygens (including phenoxy) is 1. The van der Waals surface area contributed by atoms with Crippen LogP contribution in [0.4, 0.5) is 23.0 Å². The molecular weight excluding hydrogens is 532 g/mol. The van der Waals surface area contributed by atoms with Gasteiger partial charge in [0.05, 0.1) is 16.9 Å². The number of rotatable bonds is 9. The van der Waals surface area contributed by atoms with Gasteiger partial charge in [0.2, 0.25) is 0 Å². The van der Waals surface area contributed by atoms with Crippen LogP contribution in [0.5, 0.6) is 0 Å². The number of piperazine rings is 1. The van der Waals surface area contributed by atoms with Gasteiger partial charge in [0.15, 0.2) is 5.82 Å². The van der Waals surface area contributed by atoms with Gasteiger partial charge in [-0.05, 0) is 58.5 Å². The molecule has 0 atom stereocenters. The number of hydrogen-bond donors (Lipinski definition) is 3. The molecule has 42 heavy (non-hydrogen) atoms. The summed E-state index contributed by atoms with van der Waals surface area (Å²) in [4.78, 5) is 28.6. The molecule has 12 nitrogen and oxygen atoms in total. The fraction of sp³-hybridized carbons (Fsp3) is 0.367. The molecule has 0 radical (unpaired) electrons. The smallest absolute Gasteiger partial charge is 0.257 e. The van der Waals surface area contributed by atoms with Crippen LogP contribution >= 0.6 is 0 Å². The SMILES string of the molecule is COC(C)(C)c1cncc(C(=O)Nc2ccc(C)c(Nc3cc(C)nn3-c3cc(NN4CCN(C)CC4)ncn3)c2)c1. The minimum Gasteiger partial charge on any atom is -0.374 e. The lowest BCUT2D eigenvalue weighted by Gasteiger charge is -2.32. The van der Waals surface area contributed by atoms with Gasteiger partial charge in [0.25, 0.3) is 5.91 Å². The lowest BCUT2D eigenvalue weighted by Crippen LogP contribution is -2.47. The molecule has 1 saturated heterocycles. The van der Waals surface area contributed by atoms with E-state index < -0.39 is 5.60 Å². The van der Waals surface area contributed by atoms with Crippen LogP contribution in [0.2, 0.25) is 0 Å². The maximum absolute atomic E-state index is 13.1. The van der Waals surface area contributed by atoms with Crippen LogP contribution in [0.15, 0.2) is 55.1 Å². The highest BCUT2D eigenvalue weighted by Gasteiger charge is 2.22. The molecule has 3 aromatic heterocycles. The molecule has 0 unspecified atom stereocenters. The molecule has 12 heteroatoms. The van der Waals surface area contributed by atoms with E-state index in [1.54, 1.807) is 30.3 Å². The third-order valence-corrected chi connectivity index (χ3v) is 7.44. The maximum Gasteiger partial charge on any atom is 0.257 e. The monoisotopic (exact) mass is 570 g/mol. The van der Waals surface area contributed by atoms with Gasteiger partial charge >= 0.3 is 0 Å². The fourth-order valence-electron chi connectivity index (χ4n) is 4.55. The average molecular weight is 571 g/mol. The molecule has 1 fully saturated rings. The Kier molecular flexibility index (Phi) is 8.48. The van der Waals surface area contributed by atoms with Crippen molar-refractivity contribution >= 4 is 28.9 Å². The van der Waals surface area contributed by atoms with Crippen LogP contribution < -0.4 is 16.1 Å². The highest BCUT2D eigenvalue weighted by molar-refractivity contribution is 6.04. The van der Waals surface area contributed by atoms with Crippen LogP contribution in [0.3, 0.4) is 0 Å². The lowest BCUT2D eigenvalue weighted by molar-refractivity contribution is 0.0189. The number of pyridine rings is 1. The third kappa shape index (κ3) is 6.73. The second-order valence-electron chi connectivity index (χ2n) is 11.0. The van der Waals surface area contributed by atoms with E-state index in [9.17, 15) is 4.79 Å². The van der Waals surface area contributed by atoms with Gasteiger partial charge in [-0.3, -0.25) is 9.78 Å². The second-order valence-corrected chi connectivity index (χ2v) is 11.0. The molecule has 1 aromatic carbocycles. The van der Waals surface area contributed by atoms with Crippen molar-refractivity contribution in [3.63, 3.8) is 0 Å². The van der Waals surface area contributed by atoms with Crippen molar-refractivity contribution < 1.29 is 9.53 Å². The second kappa shape index (κ2) is 12.2. The summed E-state index contributed by atoms with van der Waals surface area (Å²) >= 11 is 0. The number of likely N-dealkylation sites (N-methyl/N-ethyl adjacent to an activating group) is 1. The van der Waals surface area contributed by atoms with Crippen LogP contribution in [-0.4, -0.2) is 80.9 Å². The Bertz CT molecular complexity index is 1560. The number of hydrazine groups is 1. The molecule has 4 heterocycles. The van der Waals surface area contributed by atoms with Crippen LogP contribution in [0.1, 0.15) is 41.0 Å². The number of amides is 1. The summed E-state index contributed by atoms with van der Waals surface area (Å²) in [5.41, 5.74) is 7.41. The van der Waals surface area contributed by atoms with Crippen molar-refractivity contribution in [1.82, 2.24) is 34.6 Å². The predicted molar refractivity (Wildman–Crippen MR) is 163 cm³/mol. The molecular formula is C30H38N10O2. The van der Waals surface area contributed by atoms with Crippen molar-refractivity contribution in [1.29, 1.82) is 0 Å². The van der Waals surface area contributed by atoms with Crippen molar-refractivity contribution in [2.45, 2.75) is 33.3 Å². The number of methoxy groups -OCH3 is 1. The largest absolute Gasteiger partial charge is 0.374 e. The predicted octanol–water partition coefficient (Wildman–Crippen LogP) is 4.13. The normalized spacial score (nSPS) is 14.5. The number of nitrogens with zero attached hydrogens (tertiary/aromatic N) is 7. The first-order valence-electron chi connectivity index (χ1n) is 13.9. The molecule has 5 rings (SSSR count). The van der Waals surface area contributed by atoms with E-state index in [-0.39, 0.29) is 5.91 Å². The Morgan fingerprint density at radius 3 is 2.55 bits per heavy atom. The van der Waals surface area contributed by atoms with Crippen molar-refractivity contribution in [3.05, 3.63) is 77.5 Å². The van der Waals surface area contributed by atoms with Gasteiger partial charge in [-0.2, -0.15) is 9.78 Å². The zero-order valence-electron chi connectivity index (χ0n) is 25.0. The Morgan fingerprint density at radius 1 is 1.00 bits per heavy atom. The first-order chi connectivity index (χ1) is 20.1. The first-order valence-corrected chi connectivity index (χ1v) is 13.9. The molecule has 4 aromatic rings. The molecule has 1 aliphatic rings. The minimum atomic E-state index is -0.559. The lowest BCUT2D eigenvalue weighted by atomic mass is 9.98. The zero-order chi connectivity index (χ0) is 29.9. The molecule has 3 N–H and O–H groups in total. The average Bonchev–Trinajstić information content (AvgIpc) is 3.36. The molecule has 1 amide bonds. The number of benzene rings is 1. The van der Waals surface area contributed by atoms with Gasteiger partial charge in [0.1, 0.15) is 18.0 Å². The number of hydrogen-bond acceptors (Lipinski definition) is 10. The maximum atomic E-state index is 13.1. The number of anilines is 4. The minimum absolute atomic E-state index is 0.256. The van der Waals surface area contributed by atoms with Gasteiger partial charge in [-0.1, -0.05) is 6.07 Å². The molecule has 0 aliphatic carbocycles. The number of aryl methyl sites for hydroxylation is 2. The van der Waals surface area contributed by atoms with Gasteiger partial charge < -0.3 is 25.7 Å². The third-order valence-electron chi connectivity index (χ3n) is 7.44. The van der Waals surface area contributed by atoms with E-state index in [1.807, 2.05) is 58.0 Å². The Hall–Kier alpha value is -4.39. The zero-order valence-corrected chi connectivity index (χ0v) is 25.0. The Balaban J connectivity index is 1.34. The molecule has 1 aliphatic heterocycles. The van der Waals surface area contributed by atoms with Crippen LogP contribution in [0, 0.1) is 13.8 Å². The summed E-state index contributed by atoms with van der Waals surface area (Å²) in [5, 5.41) is 13.3. The Morgan fingerprint density at radius 2 is 1.79 bits per heavy atom. The summed E-state index contributed by atoms with van der Waals surface area (Å²) in [5.74, 6) is 1.82. The van der Waals surface area contributed by atoms with Gasteiger partial charge in [-0.25, -0.2) is 15.0 Å². The molecule has 0 saturated carbocycles. The standard InChI is InChI=1S/C30H38N10O2/c1-20-7-8-24(34-29(41)22-14-23(18-31-17-22)30(3,4)42-6)15-25(20)35-28-13-21(2)36-40(28)27-16-26(32-19-33-27)37-39-11-9-38(5)10-12-39/h7-8,13-19,35H,9-12H2,1-6H3,(H,34,41)(H,32,33,37). The summed E-state index contributed by atoms with van der Waals surface area (Å²) in [6, 6.07) is 11.4. The number of nitrogens with one attached hydrogen (secondary N) is 3. The van der Waals surface area contributed by atoms with E-state index in [0.29, 0.717) is 22.9 Å². The van der Waals surface area contributed by atoms with Gasteiger partial charge in [-0.15, -0.1) is 0 Å². The van der Waals surface area contributed by atoms with Crippen molar-refractivity contribution in [2.75, 3.05) is 56.4 Å². The van der Waals surface area contributed by atoms with E-state index in [0.717, 1.165) is 54.5 Å². The summed E-state index contributed by atoms with van der Waals surface area (Å²) in [7, 11) is 3.76. The number of aromatic nitrogens is 5. The number of carbonyl (C=O) groups is 1. The van der Waals surface area contributed by atoms with Crippen molar-refractivity contribution in [2.24, 2.45) is 0 Å². The van der Waals surface area contributed by atoms with Gasteiger partial charge in [0, 0.05) is 74.8 Å². The van der Waals surface area contributed by atoms with E-state index in [4.69, 9.17) is 4.74 Å². The Labute approximate surface area is 246 Å². The molecule has 220 valence electrons. The fourth-order valence-corrected chi connectivity index (χ4v) is 4.55. The van der Waals surface area contributed by atoms with E-state index in [1.165, 1.54) is 6.33 Å². The highest BCUT2D eigenvalue weighted by Crippen LogP contribution is 2.28. The molecule has 0 bridgehead atoms. The van der Waals surface area contributed by atoms with Crippen LogP contribution in [-0.2, 0) is 10.3 Å². The summed E-state index contributed by atoms with van der Waals surface area (Å²) < 4.78 is 7.30. The van der Waals surface area contributed by atoms with E-state index >= 15 is 0 Å². The topological polar surface area (TPSA) is 125 Å². The number of carbonyl (C=O) groups excluding carboxylic acids is 1. The highest BCUT2D eigenvalue weighted by atomic mass is 16.5. The van der Waals surface area contributed by atoms with Crippen LogP contribution in [0.25, 0.3) is 5.82 Å². The summed E-state index contributed by atoms with van der Waals surface area (Å²) in [6.07, 6.45) is 4.80. The summed E-state index contributed by atoms with van der Waals surface area (Å²) in [6.45, 7) is 11.6. The first kappa shape index (κ1) is 29.1. The van der Waals surface area contributed by atoms with Crippen molar-refractivity contribution in [3.8, 4) is 5.82 Å². The molecule has 0 spiro atoms. The van der Waals surface area contributed by atoms with E-state index in [2.05, 4.69) is 53.1 Å².